The number of benzene rings is 7. The van der Waals surface area contributed by atoms with Crippen molar-refractivity contribution in [2.24, 2.45) is 0 Å². The maximum absolute atomic E-state index is 2.52. The predicted molar refractivity (Wildman–Crippen MR) is 191 cm³/mol. The Morgan fingerprint density at radius 2 is 0.867 bits per heavy atom. The van der Waals surface area contributed by atoms with Gasteiger partial charge in [-0.05, 0) is 89.5 Å². The molecular formula is C45H36. The zero-order valence-corrected chi connectivity index (χ0v) is 26.1. The van der Waals surface area contributed by atoms with E-state index in [4.69, 9.17) is 0 Å². The molecule has 1 aliphatic carbocycles. The van der Waals surface area contributed by atoms with Crippen molar-refractivity contribution in [1.29, 1.82) is 0 Å². The monoisotopic (exact) mass is 576 g/mol. The third-order valence-corrected chi connectivity index (χ3v) is 9.74. The lowest BCUT2D eigenvalue weighted by Crippen LogP contribution is -2.28. The quantitative estimate of drug-likeness (QED) is 0.195. The molecular weight excluding hydrogens is 540 g/mol. The van der Waals surface area contributed by atoms with Crippen LogP contribution in [0.25, 0.3) is 44.2 Å². The van der Waals surface area contributed by atoms with Crippen molar-refractivity contribution in [1.82, 2.24) is 0 Å². The lowest BCUT2D eigenvalue weighted by Gasteiger charge is -2.34. The van der Waals surface area contributed by atoms with Gasteiger partial charge in [-0.15, -0.1) is 0 Å². The van der Waals surface area contributed by atoms with Crippen LogP contribution in [0.2, 0.25) is 0 Å². The summed E-state index contributed by atoms with van der Waals surface area (Å²) in [7, 11) is 0. The molecule has 0 aromatic heterocycles. The van der Waals surface area contributed by atoms with Gasteiger partial charge in [0.05, 0.1) is 5.41 Å². The Kier molecular flexibility index (Phi) is 6.36. The lowest BCUT2D eigenvalue weighted by molar-refractivity contribution is 0.590. The molecule has 1 aliphatic rings. The smallest absolute Gasteiger partial charge is 0.0622 e. The third-order valence-electron chi connectivity index (χ3n) is 9.74. The minimum atomic E-state index is -0.432. The molecule has 0 saturated carbocycles. The van der Waals surface area contributed by atoms with Crippen molar-refractivity contribution in [3.05, 3.63) is 192 Å². The van der Waals surface area contributed by atoms with Gasteiger partial charge in [0.15, 0.2) is 0 Å². The molecule has 0 heteroatoms. The summed E-state index contributed by atoms with van der Waals surface area (Å²) in [6.07, 6.45) is 0. The minimum absolute atomic E-state index is 0.106. The fourth-order valence-electron chi connectivity index (χ4n) is 7.55. The van der Waals surface area contributed by atoms with Gasteiger partial charge in [0.1, 0.15) is 0 Å². The summed E-state index contributed by atoms with van der Waals surface area (Å²) in [6, 6.07) is 60.9. The van der Waals surface area contributed by atoms with E-state index in [-0.39, 0.29) is 5.41 Å². The van der Waals surface area contributed by atoms with Crippen LogP contribution in [0, 0.1) is 0 Å². The second kappa shape index (κ2) is 10.5. The SMILES string of the molecule is CC(C)(C)c1ccc(-c2ccc(-c3ccccc3)c3cc4c(cc23)C(c2ccccc2)(c2ccccc2)c2ccccc2-4)cc1. The molecule has 8 rings (SSSR count). The summed E-state index contributed by atoms with van der Waals surface area (Å²) in [5, 5.41) is 2.56. The van der Waals surface area contributed by atoms with E-state index in [9.17, 15) is 0 Å². The fraction of sp³-hybridized carbons (Fsp3) is 0.111. The third kappa shape index (κ3) is 4.28. The Bertz CT molecular complexity index is 2110. The standard InChI is InChI=1S/C45H36/c1-44(2,3)33-25-23-32(24-26-33)37-28-27-36(31-15-7-4-8-16-31)39-29-41-38-21-13-14-22-42(38)45(43(41)30-40(37)39,34-17-9-5-10-18-34)35-19-11-6-12-20-35/h4-30H,1-3H3. The highest BCUT2D eigenvalue weighted by Gasteiger charge is 2.46. The Morgan fingerprint density at radius 3 is 1.44 bits per heavy atom. The molecule has 0 bridgehead atoms. The highest BCUT2D eigenvalue weighted by atomic mass is 14.5. The van der Waals surface area contributed by atoms with E-state index in [1.54, 1.807) is 0 Å². The van der Waals surface area contributed by atoms with Crippen molar-refractivity contribution in [3.8, 4) is 33.4 Å². The first-order chi connectivity index (χ1) is 22.0. The summed E-state index contributed by atoms with van der Waals surface area (Å²) >= 11 is 0. The topological polar surface area (TPSA) is 0 Å². The summed E-state index contributed by atoms with van der Waals surface area (Å²) in [5.74, 6) is 0. The second-order valence-electron chi connectivity index (χ2n) is 13.3. The molecule has 0 saturated heterocycles. The van der Waals surface area contributed by atoms with Crippen LogP contribution in [0.5, 0.6) is 0 Å². The molecule has 0 fully saturated rings. The maximum atomic E-state index is 2.52. The van der Waals surface area contributed by atoms with Crippen LogP contribution in [0.1, 0.15) is 48.6 Å². The Labute approximate surface area is 266 Å². The molecule has 0 heterocycles. The van der Waals surface area contributed by atoms with Crippen LogP contribution in [-0.2, 0) is 10.8 Å². The molecule has 0 aliphatic heterocycles. The van der Waals surface area contributed by atoms with E-state index in [0.29, 0.717) is 0 Å². The van der Waals surface area contributed by atoms with Gasteiger partial charge in [-0.1, -0.05) is 172 Å². The van der Waals surface area contributed by atoms with Gasteiger partial charge >= 0.3 is 0 Å². The number of hydrogen-bond acceptors (Lipinski definition) is 0. The van der Waals surface area contributed by atoms with Gasteiger partial charge in [0.2, 0.25) is 0 Å². The van der Waals surface area contributed by atoms with E-state index >= 15 is 0 Å². The fourth-order valence-corrected chi connectivity index (χ4v) is 7.55. The average Bonchev–Trinajstić information content (AvgIpc) is 3.38. The molecule has 0 unspecified atom stereocenters. The lowest BCUT2D eigenvalue weighted by atomic mass is 9.67. The van der Waals surface area contributed by atoms with Crippen molar-refractivity contribution in [2.75, 3.05) is 0 Å². The van der Waals surface area contributed by atoms with E-state index in [2.05, 4.69) is 185 Å². The molecule has 45 heavy (non-hydrogen) atoms. The van der Waals surface area contributed by atoms with Gasteiger partial charge in [-0.25, -0.2) is 0 Å². The molecule has 0 nitrogen and oxygen atoms in total. The van der Waals surface area contributed by atoms with Crippen molar-refractivity contribution in [2.45, 2.75) is 31.6 Å². The van der Waals surface area contributed by atoms with E-state index < -0.39 is 5.41 Å². The first-order valence-electron chi connectivity index (χ1n) is 15.9. The first-order valence-corrected chi connectivity index (χ1v) is 15.9. The summed E-state index contributed by atoms with van der Waals surface area (Å²) in [6.45, 7) is 6.83. The summed E-state index contributed by atoms with van der Waals surface area (Å²) in [4.78, 5) is 0. The van der Waals surface area contributed by atoms with Gasteiger partial charge in [-0.3, -0.25) is 0 Å². The normalized spacial score (nSPS) is 13.4. The highest BCUT2D eigenvalue weighted by molar-refractivity contribution is 6.08. The van der Waals surface area contributed by atoms with E-state index in [0.717, 1.165) is 0 Å². The van der Waals surface area contributed by atoms with Crippen molar-refractivity contribution < 1.29 is 0 Å². The Balaban J connectivity index is 1.50. The molecule has 0 spiro atoms. The van der Waals surface area contributed by atoms with Crippen molar-refractivity contribution in [3.63, 3.8) is 0 Å². The average molecular weight is 577 g/mol. The highest BCUT2D eigenvalue weighted by Crippen LogP contribution is 2.57. The molecule has 0 radical (unpaired) electrons. The van der Waals surface area contributed by atoms with Crippen molar-refractivity contribution >= 4 is 10.8 Å². The second-order valence-corrected chi connectivity index (χ2v) is 13.3. The van der Waals surface area contributed by atoms with Crippen LogP contribution in [0.3, 0.4) is 0 Å². The van der Waals surface area contributed by atoms with Gasteiger partial charge in [-0.2, -0.15) is 0 Å². The minimum Gasteiger partial charge on any atom is -0.0622 e. The van der Waals surface area contributed by atoms with Crippen LogP contribution in [0.4, 0.5) is 0 Å². The molecule has 7 aromatic carbocycles. The molecule has 0 N–H and O–H groups in total. The number of rotatable bonds is 4. The molecule has 216 valence electrons. The van der Waals surface area contributed by atoms with E-state index in [1.807, 2.05) is 0 Å². The van der Waals surface area contributed by atoms with Crippen LogP contribution < -0.4 is 0 Å². The van der Waals surface area contributed by atoms with Crippen LogP contribution in [0.15, 0.2) is 164 Å². The Hall–Kier alpha value is -5.20. The van der Waals surface area contributed by atoms with Crippen LogP contribution >= 0.6 is 0 Å². The first kappa shape index (κ1) is 27.4. The number of fused-ring (bicyclic) bond motifs is 4. The molecule has 0 atom stereocenters. The molecule has 7 aromatic rings. The van der Waals surface area contributed by atoms with Crippen LogP contribution in [-0.4, -0.2) is 0 Å². The van der Waals surface area contributed by atoms with Gasteiger partial charge in [0.25, 0.3) is 0 Å². The predicted octanol–water partition coefficient (Wildman–Crippen LogP) is 11.8. The zero-order valence-electron chi connectivity index (χ0n) is 26.1. The molecule has 0 amide bonds. The van der Waals surface area contributed by atoms with Gasteiger partial charge < -0.3 is 0 Å². The zero-order chi connectivity index (χ0) is 30.6. The van der Waals surface area contributed by atoms with E-state index in [1.165, 1.54) is 72.0 Å². The Morgan fingerprint density at radius 1 is 0.378 bits per heavy atom. The van der Waals surface area contributed by atoms with Gasteiger partial charge in [0, 0.05) is 0 Å². The summed E-state index contributed by atoms with van der Waals surface area (Å²) in [5.41, 5.74) is 13.9. The maximum Gasteiger partial charge on any atom is 0.0713 e. The largest absolute Gasteiger partial charge is 0.0713 e. The number of hydrogen-bond donors (Lipinski definition) is 0. The summed E-state index contributed by atoms with van der Waals surface area (Å²) < 4.78 is 0.